The van der Waals surface area contributed by atoms with Crippen LogP contribution in [0.15, 0.2) is 35.3 Å². The van der Waals surface area contributed by atoms with Crippen molar-refractivity contribution in [3.63, 3.8) is 0 Å². The maximum Gasteiger partial charge on any atom is 0.193 e. The average molecular weight is 413 g/mol. The van der Waals surface area contributed by atoms with Gasteiger partial charge in [0.15, 0.2) is 5.96 Å². The fourth-order valence-electron chi connectivity index (χ4n) is 3.87. The zero-order chi connectivity index (χ0) is 14.5. The molecule has 0 aromatic heterocycles. The van der Waals surface area contributed by atoms with Gasteiger partial charge in [0.1, 0.15) is 0 Å². The van der Waals surface area contributed by atoms with Gasteiger partial charge in [-0.05, 0) is 36.7 Å². The third-order valence-corrected chi connectivity index (χ3v) is 5.03. The average Bonchev–Trinajstić information content (AvgIpc) is 2.96. The standard InChI is InChI=1S/C18H27N3.HI/c1-19-18(20-12-11-15-7-3-2-4-8-15)21-13-16-9-5-6-10-17(16)14-21;/h2-4,7-8,16-17H,5-6,9-14H2,1H3,(H,19,20);1H. The zero-order valence-electron chi connectivity index (χ0n) is 13.5. The number of nitrogens with zero attached hydrogens (tertiary/aromatic N) is 2. The van der Waals surface area contributed by atoms with E-state index in [4.69, 9.17) is 0 Å². The Balaban J connectivity index is 0.00000176. The molecule has 0 radical (unpaired) electrons. The van der Waals surface area contributed by atoms with Crippen molar-refractivity contribution in [1.29, 1.82) is 0 Å². The Labute approximate surface area is 151 Å². The van der Waals surface area contributed by atoms with E-state index in [1.54, 1.807) is 0 Å². The van der Waals surface area contributed by atoms with Crippen LogP contribution in [-0.4, -0.2) is 37.5 Å². The molecule has 4 heteroatoms. The van der Waals surface area contributed by atoms with Crippen LogP contribution in [0.1, 0.15) is 31.2 Å². The number of guanidine groups is 1. The lowest BCUT2D eigenvalue weighted by atomic mass is 9.82. The summed E-state index contributed by atoms with van der Waals surface area (Å²) in [5.41, 5.74) is 1.38. The van der Waals surface area contributed by atoms with E-state index in [-0.39, 0.29) is 24.0 Å². The topological polar surface area (TPSA) is 27.6 Å². The molecule has 1 saturated carbocycles. The van der Waals surface area contributed by atoms with Gasteiger partial charge in [-0.3, -0.25) is 4.99 Å². The van der Waals surface area contributed by atoms with Gasteiger partial charge in [-0.1, -0.05) is 43.2 Å². The van der Waals surface area contributed by atoms with Crippen molar-refractivity contribution in [3.8, 4) is 0 Å². The summed E-state index contributed by atoms with van der Waals surface area (Å²) in [5, 5.41) is 3.55. The van der Waals surface area contributed by atoms with Crippen LogP contribution in [0.5, 0.6) is 0 Å². The number of nitrogens with one attached hydrogen (secondary N) is 1. The van der Waals surface area contributed by atoms with E-state index in [0.29, 0.717) is 0 Å². The first-order valence-electron chi connectivity index (χ1n) is 8.36. The molecule has 122 valence electrons. The number of fused-ring (bicyclic) bond motifs is 1. The molecule has 3 nitrogen and oxygen atoms in total. The smallest absolute Gasteiger partial charge is 0.193 e. The van der Waals surface area contributed by atoms with Crippen molar-refractivity contribution in [2.45, 2.75) is 32.1 Å². The summed E-state index contributed by atoms with van der Waals surface area (Å²) in [6.45, 7) is 3.37. The van der Waals surface area contributed by atoms with Crippen molar-refractivity contribution in [3.05, 3.63) is 35.9 Å². The lowest BCUT2D eigenvalue weighted by Crippen LogP contribution is -2.41. The molecule has 22 heavy (non-hydrogen) atoms. The van der Waals surface area contributed by atoms with Gasteiger partial charge in [-0.25, -0.2) is 0 Å². The monoisotopic (exact) mass is 413 g/mol. The molecule has 1 aliphatic heterocycles. The van der Waals surface area contributed by atoms with E-state index in [0.717, 1.165) is 30.8 Å². The van der Waals surface area contributed by atoms with Crippen LogP contribution in [-0.2, 0) is 6.42 Å². The second-order valence-electron chi connectivity index (χ2n) is 6.42. The molecular weight excluding hydrogens is 385 g/mol. The molecule has 1 aromatic carbocycles. The lowest BCUT2D eigenvalue weighted by molar-refractivity contribution is 0.299. The summed E-state index contributed by atoms with van der Waals surface area (Å²) in [7, 11) is 1.91. The van der Waals surface area contributed by atoms with Gasteiger partial charge in [-0.15, -0.1) is 24.0 Å². The Hall–Kier alpha value is -0.780. The summed E-state index contributed by atoms with van der Waals surface area (Å²) in [5.74, 6) is 2.91. The molecule has 0 bridgehead atoms. The number of aliphatic imine (C=N–C) groups is 1. The van der Waals surface area contributed by atoms with Crippen LogP contribution in [0.4, 0.5) is 0 Å². The van der Waals surface area contributed by atoms with Gasteiger partial charge in [-0.2, -0.15) is 0 Å². The molecule has 0 spiro atoms. The maximum atomic E-state index is 4.49. The van der Waals surface area contributed by atoms with Crippen molar-refractivity contribution in [2.24, 2.45) is 16.8 Å². The number of hydrogen-bond acceptors (Lipinski definition) is 1. The van der Waals surface area contributed by atoms with Gasteiger partial charge in [0, 0.05) is 26.7 Å². The van der Waals surface area contributed by atoms with Crippen LogP contribution in [0.2, 0.25) is 0 Å². The van der Waals surface area contributed by atoms with E-state index in [1.165, 1.54) is 44.3 Å². The summed E-state index contributed by atoms with van der Waals surface area (Å²) in [6, 6.07) is 10.7. The van der Waals surface area contributed by atoms with E-state index < -0.39 is 0 Å². The molecule has 1 N–H and O–H groups in total. The summed E-state index contributed by atoms with van der Waals surface area (Å²) >= 11 is 0. The lowest BCUT2D eigenvalue weighted by Gasteiger charge is -2.22. The van der Waals surface area contributed by atoms with Gasteiger partial charge in [0.25, 0.3) is 0 Å². The second-order valence-corrected chi connectivity index (χ2v) is 6.42. The highest BCUT2D eigenvalue weighted by molar-refractivity contribution is 14.0. The zero-order valence-corrected chi connectivity index (χ0v) is 15.8. The second kappa shape index (κ2) is 8.75. The Kier molecular flexibility index (Phi) is 6.99. The predicted octanol–water partition coefficient (Wildman–Crippen LogP) is 3.54. The number of likely N-dealkylation sites (tertiary alicyclic amines) is 1. The highest BCUT2D eigenvalue weighted by atomic mass is 127. The largest absolute Gasteiger partial charge is 0.356 e. The van der Waals surface area contributed by atoms with Gasteiger partial charge in [0.05, 0.1) is 0 Å². The van der Waals surface area contributed by atoms with Crippen molar-refractivity contribution in [1.82, 2.24) is 10.2 Å². The molecule has 1 heterocycles. The minimum Gasteiger partial charge on any atom is -0.356 e. The van der Waals surface area contributed by atoms with Crippen LogP contribution < -0.4 is 5.32 Å². The van der Waals surface area contributed by atoms with Crippen LogP contribution in [0.25, 0.3) is 0 Å². The van der Waals surface area contributed by atoms with E-state index in [9.17, 15) is 0 Å². The fourth-order valence-corrected chi connectivity index (χ4v) is 3.87. The number of halogens is 1. The Bertz CT molecular complexity index is 460. The quantitative estimate of drug-likeness (QED) is 0.467. The van der Waals surface area contributed by atoms with Crippen molar-refractivity contribution in [2.75, 3.05) is 26.7 Å². The minimum atomic E-state index is 0. The summed E-state index contributed by atoms with van der Waals surface area (Å²) in [6.07, 6.45) is 6.75. The first kappa shape index (κ1) is 17.6. The Morgan fingerprint density at radius 2 is 1.77 bits per heavy atom. The molecule has 1 saturated heterocycles. The normalized spacial score (nSPS) is 24.6. The number of rotatable bonds is 3. The van der Waals surface area contributed by atoms with Crippen LogP contribution in [0, 0.1) is 11.8 Å². The van der Waals surface area contributed by atoms with Crippen molar-refractivity contribution >= 4 is 29.9 Å². The minimum absolute atomic E-state index is 0. The molecule has 2 fully saturated rings. The first-order valence-corrected chi connectivity index (χ1v) is 8.36. The highest BCUT2D eigenvalue weighted by Gasteiger charge is 2.35. The molecule has 0 amide bonds. The van der Waals surface area contributed by atoms with E-state index in [2.05, 4.69) is 45.5 Å². The Morgan fingerprint density at radius 3 is 2.36 bits per heavy atom. The SMILES string of the molecule is CN=C(NCCc1ccccc1)N1CC2CCCCC2C1.I. The summed E-state index contributed by atoms with van der Waals surface area (Å²) < 4.78 is 0. The van der Waals surface area contributed by atoms with Crippen LogP contribution >= 0.6 is 24.0 Å². The number of hydrogen-bond donors (Lipinski definition) is 1. The van der Waals surface area contributed by atoms with Gasteiger partial charge < -0.3 is 10.2 Å². The third kappa shape index (κ3) is 4.37. The molecule has 2 atom stereocenters. The van der Waals surface area contributed by atoms with Gasteiger partial charge >= 0.3 is 0 Å². The molecular formula is C18H28IN3. The molecule has 3 rings (SSSR count). The van der Waals surface area contributed by atoms with E-state index in [1.807, 2.05) is 7.05 Å². The number of benzene rings is 1. The molecule has 2 aliphatic rings. The van der Waals surface area contributed by atoms with Gasteiger partial charge in [0.2, 0.25) is 0 Å². The third-order valence-electron chi connectivity index (χ3n) is 5.03. The highest BCUT2D eigenvalue weighted by Crippen LogP contribution is 2.35. The Morgan fingerprint density at radius 1 is 1.14 bits per heavy atom. The van der Waals surface area contributed by atoms with E-state index >= 15 is 0 Å². The molecule has 2 unspecified atom stereocenters. The summed E-state index contributed by atoms with van der Waals surface area (Å²) in [4.78, 5) is 6.97. The predicted molar refractivity (Wildman–Crippen MR) is 104 cm³/mol. The molecule has 1 aliphatic carbocycles. The maximum absolute atomic E-state index is 4.49. The first-order chi connectivity index (χ1) is 10.4. The fraction of sp³-hybridized carbons (Fsp3) is 0.611. The van der Waals surface area contributed by atoms with Crippen LogP contribution in [0.3, 0.4) is 0 Å². The molecule has 1 aromatic rings. The van der Waals surface area contributed by atoms with Crippen molar-refractivity contribution < 1.29 is 0 Å².